The molecule has 17 heavy (non-hydrogen) atoms. The number of carboxylic acids is 1. The fourth-order valence-electron chi connectivity index (χ4n) is 2.27. The molecule has 0 bridgehead atoms. The molecule has 0 aromatic heterocycles. The van der Waals surface area contributed by atoms with Crippen molar-refractivity contribution in [3.05, 3.63) is 23.8 Å². The van der Waals surface area contributed by atoms with Gasteiger partial charge in [-0.15, -0.1) is 0 Å². The maximum atomic E-state index is 11.1. The highest BCUT2D eigenvalue weighted by atomic mass is 16.4. The minimum Gasteiger partial charge on any atom is -0.508 e. The smallest absolute Gasteiger partial charge is 0.309 e. The molecule has 1 unspecified atom stereocenters. The number of fused-ring (bicyclic) bond motifs is 1. The summed E-state index contributed by atoms with van der Waals surface area (Å²) in [4.78, 5) is 11.1. The van der Waals surface area contributed by atoms with Crippen molar-refractivity contribution in [1.29, 1.82) is 0 Å². The molecule has 0 amide bonds. The first-order chi connectivity index (χ1) is 7.90. The molecule has 0 aliphatic carbocycles. The molecule has 2 rings (SSSR count). The van der Waals surface area contributed by atoms with Gasteiger partial charge in [-0.25, -0.2) is 0 Å². The number of hydrogen-bond acceptors (Lipinski definition) is 3. The van der Waals surface area contributed by atoms with Gasteiger partial charge in [0, 0.05) is 17.3 Å². The number of hydrogen-bond donors (Lipinski definition) is 3. The van der Waals surface area contributed by atoms with Gasteiger partial charge in [0.25, 0.3) is 0 Å². The van der Waals surface area contributed by atoms with Crippen LogP contribution in [0.5, 0.6) is 5.75 Å². The average molecular weight is 235 g/mol. The molecule has 4 heteroatoms. The van der Waals surface area contributed by atoms with Crippen molar-refractivity contribution in [3.63, 3.8) is 0 Å². The Kier molecular flexibility index (Phi) is 2.73. The van der Waals surface area contributed by atoms with Crippen LogP contribution in [0.15, 0.2) is 18.2 Å². The molecule has 4 nitrogen and oxygen atoms in total. The molecule has 1 aliphatic rings. The Morgan fingerprint density at radius 2 is 2.24 bits per heavy atom. The van der Waals surface area contributed by atoms with E-state index in [-0.39, 0.29) is 11.8 Å². The number of aromatic hydroxyl groups is 1. The van der Waals surface area contributed by atoms with Gasteiger partial charge in [0.1, 0.15) is 5.75 Å². The van der Waals surface area contributed by atoms with E-state index < -0.39 is 11.4 Å². The summed E-state index contributed by atoms with van der Waals surface area (Å²) in [5, 5.41) is 22.1. The molecule has 1 aliphatic heterocycles. The van der Waals surface area contributed by atoms with Gasteiger partial charge in [-0.2, -0.15) is 0 Å². The second kappa shape index (κ2) is 3.95. The second-order valence-electron chi connectivity index (χ2n) is 5.24. The fourth-order valence-corrected chi connectivity index (χ4v) is 2.27. The van der Waals surface area contributed by atoms with E-state index in [0.717, 1.165) is 11.3 Å². The first-order valence-electron chi connectivity index (χ1n) is 5.71. The third kappa shape index (κ3) is 2.20. The van der Waals surface area contributed by atoms with Crippen molar-refractivity contribution in [1.82, 2.24) is 0 Å². The Morgan fingerprint density at radius 1 is 1.53 bits per heavy atom. The minimum absolute atomic E-state index is 0.0735. The van der Waals surface area contributed by atoms with Crippen LogP contribution >= 0.6 is 0 Å². The lowest BCUT2D eigenvalue weighted by Gasteiger charge is -2.23. The van der Waals surface area contributed by atoms with Crippen LogP contribution in [-0.2, 0) is 11.2 Å². The standard InChI is InChI=1S/C13H17NO3/c1-13(2,12(16)17)7-8-6-9-10(14-8)4-3-5-11(9)15/h3-5,8,14-15H,6-7H2,1-2H3,(H,16,17). The van der Waals surface area contributed by atoms with Crippen LogP contribution in [-0.4, -0.2) is 22.2 Å². The zero-order chi connectivity index (χ0) is 12.6. The molecule has 3 N–H and O–H groups in total. The predicted octanol–water partition coefficient (Wildman–Crippen LogP) is 2.23. The van der Waals surface area contributed by atoms with Crippen LogP contribution in [0.4, 0.5) is 5.69 Å². The quantitative estimate of drug-likeness (QED) is 0.751. The van der Waals surface area contributed by atoms with E-state index in [9.17, 15) is 9.90 Å². The highest BCUT2D eigenvalue weighted by molar-refractivity contribution is 5.74. The number of rotatable bonds is 3. The van der Waals surface area contributed by atoms with E-state index in [2.05, 4.69) is 5.32 Å². The zero-order valence-electron chi connectivity index (χ0n) is 10.0. The van der Waals surface area contributed by atoms with Crippen molar-refractivity contribution < 1.29 is 15.0 Å². The van der Waals surface area contributed by atoms with Gasteiger partial charge in [0.2, 0.25) is 0 Å². The number of nitrogens with one attached hydrogen (secondary N) is 1. The largest absolute Gasteiger partial charge is 0.508 e. The lowest BCUT2D eigenvalue weighted by molar-refractivity contribution is -0.147. The van der Waals surface area contributed by atoms with Crippen LogP contribution in [0.25, 0.3) is 0 Å². The summed E-state index contributed by atoms with van der Waals surface area (Å²) in [6.45, 7) is 3.44. The number of benzene rings is 1. The van der Waals surface area contributed by atoms with Gasteiger partial charge in [-0.1, -0.05) is 6.07 Å². The predicted molar refractivity (Wildman–Crippen MR) is 65.3 cm³/mol. The molecular formula is C13H17NO3. The highest BCUT2D eigenvalue weighted by Crippen LogP contribution is 2.36. The van der Waals surface area contributed by atoms with Crippen LogP contribution in [0, 0.1) is 5.41 Å². The van der Waals surface area contributed by atoms with Gasteiger partial charge in [-0.3, -0.25) is 4.79 Å². The van der Waals surface area contributed by atoms with E-state index in [1.807, 2.05) is 6.07 Å². The van der Waals surface area contributed by atoms with E-state index in [4.69, 9.17) is 5.11 Å². The number of phenols is 1. The fraction of sp³-hybridized carbons (Fsp3) is 0.462. The molecule has 0 saturated carbocycles. The third-order valence-electron chi connectivity index (χ3n) is 3.30. The normalized spacial score (nSPS) is 18.6. The van der Waals surface area contributed by atoms with Gasteiger partial charge in [0.15, 0.2) is 0 Å². The number of aliphatic carboxylic acids is 1. The summed E-state index contributed by atoms with van der Waals surface area (Å²) in [5.74, 6) is -0.509. The number of carboxylic acid groups (broad SMARTS) is 1. The van der Waals surface area contributed by atoms with Crippen LogP contribution in [0.1, 0.15) is 25.8 Å². The molecule has 1 atom stereocenters. The molecule has 1 aromatic rings. The highest BCUT2D eigenvalue weighted by Gasteiger charge is 2.33. The number of phenolic OH excluding ortho intramolecular Hbond substituents is 1. The molecule has 1 heterocycles. The zero-order valence-corrected chi connectivity index (χ0v) is 10.0. The molecule has 1 aromatic carbocycles. The topological polar surface area (TPSA) is 69.6 Å². The second-order valence-corrected chi connectivity index (χ2v) is 5.24. The molecule has 0 spiro atoms. The Balaban J connectivity index is 2.11. The molecule has 0 radical (unpaired) electrons. The first kappa shape index (κ1) is 11.8. The van der Waals surface area contributed by atoms with Crippen LogP contribution in [0.3, 0.4) is 0 Å². The Labute approximate surface area is 100 Å². The number of anilines is 1. The molecule has 0 fully saturated rings. The first-order valence-corrected chi connectivity index (χ1v) is 5.71. The van der Waals surface area contributed by atoms with Crippen molar-refractivity contribution >= 4 is 11.7 Å². The lowest BCUT2D eigenvalue weighted by atomic mass is 9.85. The summed E-state index contributed by atoms with van der Waals surface area (Å²) >= 11 is 0. The van der Waals surface area contributed by atoms with Gasteiger partial charge in [-0.05, 0) is 38.8 Å². The van der Waals surface area contributed by atoms with Gasteiger partial charge < -0.3 is 15.5 Å². The van der Waals surface area contributed by atoms with E-state index in [1.165, 1.54) is 0 Å². The van der Waals surface area contributed by atoms with Crippen LogP contribution < -0.4 is 5.32 Å². The van der Waals surface area contributed by atoms with E-state index in [0.29, 0.717) is 12.8 Å². The molecular weight excluding hydrogens is 218 g/mol. The Morgan fingerprint density at radius 3 is 2.82 bits per heavy atom. The third-order valence-corrected chi connectivity index (χ3v) is 3.30. The monoisotopic (exact) mass is 235 g/mol. The summed E-state index contributed by atoms with van der Waals surface area (Å²) in [5.41, 5.74) is 1.05. The van der Waals surface area contributed by atoms with Gasteiger partial charge >= 0.3 is 5.97 Å². The Hall–Kier alpha value is -1.71. The van der Waals surface area contributed by atoms with Crippen molar-refractivity contribution in [2.24, 2.45) is 5.41 Å². The van der Waals surface area contributed by atoms with Gasteiger partial charge in [0.05, 0.1) is 5.41 Å². The van der Waals surface area contributed by atoms with E-state index in [1.54, 1.807) is 26.0 Å². The lowest BCUT2D eigenvalue weighted by Crippen LogP contribution is -2.31. The summed E-state index contributed by atoms with van der Waals surface area (Å²) < 4.78 is 0. The summed E-state index contributed by atoms with van der Waals surface area (Å²) in [6.07, 6.45) is 1.22. The van der Waals surface area contributed by atoms with E-state index >= 15 is 0 Å². The number of carbonyl (C=O) groups is 1. The molecule has 0 saturated heterocycles. The van der Waals surface area contributed by atoms with Crippen molar-refractivity contribution in [2.45, 2.75) is 32.7 Å². The van der Waals surface area contributed by atoms with Crippen LogP contribution in [0.2, 0.25) is 0 Å². The summed E-state index contributed by atoms with van der Waals surface area (Å²) in [7, 11) is 0. The minimum atomic E-state index is -0.792. The molecule has 92 valence electrons. The average Bonchev–Trinajstić information content (AvgIpc) is 2.60. The van der Waals surface area contributed by atoms with Crippen molar-refractivity contribution in [2.75, 3.05) is 5.32 Å². The maximum absolute atomic E-state index is 11.1. The Bertz CT molecular complexity index is 454. The van der Waals surface area contributed by atoms with Crippen molar-refractivity contribution in [3.8, 4) is 5.75 Å². The maximum Gasteiger partial charge on any atom is 0.309 e. The SMILES string of the molecule is CC(C)(CC1Cc2c(O)cccc2N1)C(=O)O. The summed E-state index contributed by atoms with van der Waals surface area (Å²) in [6, 6.07) is 5.42.